The van der Waals surface area contributed by atoms with Crippen molar-refractivity contribution < 1.29 is 23.8 Å². The number of fused-ring (bicyclic) bond motifs is 4. The number of H-pyrrole nitrogens is 1. The molecule has 1 aliphatic carbocycles. The second kappa shape index (κ2) is 8.83. The van der Waals surface area contributed by atoms with Gasteiger partial charge in [0.2, 0.25) is 0 Å². The van der Waals surface area contributed by atoms with Crippen molar-refractivity contribution in [1.29, 1.82) is 0 Å². The number of carbonyl (C=O) groups excluding carboxylic acids is 2. The zero-order valence-electron chi connectivity index (χ0n) is 19.2. The Labute approximate surface area is 197 Å². The van der Waals surface area contributed by atoms with Gasteiger partial charge in [-0.15, -0.1) is 0 Å². The number of aryl methyl sites for hydroxylation is 1. The Hall–Kier alpha value is -3.26. The number of carbonyl (C=O) groups is 2. The van der Waals surface area contributed by atoms with Crippen molar-refractivity contribution in [2.45, 2.75) is 63.3 Å². The Morgan fingerprint density at radius 2 is 2.09 bits per heavy atom. The number of esters is 2. The summed E-state index contributed by atoms with van der Waals surface area (Å²) in [5, 5.41) is 7.90. The fraction of sp³-hybridized carbons (Fsp3) is 0.462. The molecule has 0 amide bonds. The number of nitrogens with one attached hydrogen (secondary N) is 1. The van der Waals surface area contributed by atoms with Gasteiger partial charge in [0, 0.05) is 23.3 Å². The molecule has 34 heavy (non-hydrogen) atoms. The smallest absolute Gasteiger partial charge is 0.334 e. The lowest BCUT2D eigenvalue weighted by Gasteiger charge is -2.20. The predicted octanol–water partition coefficient (Wildman–Crippen LogP) is 3.15. The molecule has 2 fully saturated rings. The molecular weight excluding hydrogens is 436 g/mol. The van der Waals surface area contributed by atoms with Crippen molar-refractivity contribution in [3.63, 3.8) is 0 Å². The van der Waals surface area contributed by atoms with Gasteiger partial charge in [0.05, 0.1) is 23.1 Å². The predicted molar refractivity (Wildman–Crippen MR) is 124 cm³/mol. The van der Waals surface area contributed by atoms with Crippen LogP contribution in [0.3, 0.4) is 0 Å². The molecule has 0 bridgehead atoms. The largest absolute Gasteiger partial charge is 0.461 e. The number of ether oxygens (including phenoxy) is 3. The van der Waals surface area contributed by atoms with Crippen molar-refractivity contribution >= 4 is 22.7 Å². The maximum Gasteiger partial charge on any atom is 0.334 e. The third-order valence-electron chi connectivity index (χ3n) is 7.20. The lowest BCUT2D eigenvalue weighted by Crippen LogP contribution is -2.29. The Balaban J connectivity index is 1.20. The van der Waals surface area contributed by atoms with Gasteiger partial charge in [0.25, 0.3) is 5.56 Å². The summed E-state index contributed by atoms with van der Waals surface area (Å²) in [6, 6.07) is 7.20. The van der Waals surface area contributed by atoms with Gasteiger partial charge in [0.15, 0.2) is 0 Å². The number of aromatic nitrogens is 2. The minimum atomic E-state index is -0.340. The molecule has 4 atom stereocenters. The summed E-state index contributed by atoms with van der Waals surface area (Å²) in [7, 11) is 0. The molecule has 8 nitrogen and oxygen atoms in total. The van der Waals surface area contributed by atoms with E-state index in [0.29, 0.717) is 35.9 Å². The molecule has 3 aliphatic rings. The molecule has 2 aliphatic heterocycles. The highest BCUT2D eigenvalue weighted by Crippen LogP contribution is 2.49. The van der Waals surface area contributed by atoms with Crippen LogP contribution in [0, 0.1) is 5.92 Å². The topological polar surface area (TPSA) is 111 Å². The monoisotopic (exact) mass is 464 g/mol. The summed E-state index contributed by atoms with van der Waals surface area (Å²) in [6.45, 7) is 6.19. The zero-order chi connectivity index (χ0) is 23.9. The fourth-order valence-corrected chi connectivity index (χ4v) is 5.08. The van der Waals surface area contributed by atoms with E-state index >= 15 is 0 Å². The van der Waals surface area contributed by atoms with Gasteiger partial charge in [-0.25, -0.2) is 9.89 Å². The highest BCUT2D eigenvalue weighted by molar-refractivity contribution is 5.91. The first kappa shape index (κ1) is 22.5. The second-order valence-electron chi connectivity index (χ2n) is 9.50. The number of allylic oxidation sites excluding steroid dienone is 1. The second-order valence-corrected chi connectivity index (χ2v) is 9.50. The van der Waals surface area contributed by atoms with Crippen molar-refractivity contribution in [2.24, 2.45) is 5.92 Å². The lowest BCUT2D eigenvalue weighted by atomic mass is 9.84. The van der Waals surface area contributed by atoms with Crippen molar-refractivity contribution in [3.8, 4) is 0 Å². The molecular formula is C26H28N2O6. The summed E-state index contributed by atoms with van der Waals surface area (Å²) >= 11 is 0. The Morgan fingerprint density at radius 3 is 2.91 bits per heavy atom. The number of benzene rings is 1. The average Bonchev–Trinajstić information content (AvgIpc) is 3.42. The molecule has 2 aromatic rings. The molecule has 1 N–H and O–H groups in total. The summed E-state index contributed by atoms with van der Waals surface area (Å²) in [5.74, 6) is -0.752. The van der Waals surface area contributed by atoms with Crippen LogP contribution in [-0.4, -0.2) is 46.6 Å². The molecule has 0 radical (unpaired) electrons. The number of rotatable bonds is 5. The summed E-state index contributed by atoms with van der Waals surface area (Å²) in [5.41, 5.74) is 1.64. The first-order valence-corrected chi connectivity index (χ1v) is 11.7. The van der Waals surface area contributed by atoms with Crippen LogP contribution in [0.5, 0.6) is 0 Å². The molecule has 0 unspecified atom stereocenters. The van der Waals surface area contributed by atoms with Crippen LogP contribution in [0.2, 0.25) is 0 Å². The highest BCUT2D eigenvalue weighted by Gasteiger charge is 2.61. The number of hydrogen-bond acceptors (Lipinski definition) is 7. The number of aromatic amines is 1. The average molecular weight is 465 g/mol. The molecule has 1 aromatic carbocycles. The van der Waals surface area contributed by atoms with Gasteiger partial charge in [-0.05, 0) is 44.2 Å². The maximum absolute atomic E-state index is 12.5. The third kappa shape index (κ3) is 4.30. The SMILES string of the molecule is C=C1C(=O)O[C@H]2[C@H]1CCC(COC(=O)CCc1n[nH]c(=O)c3ccccc13)=CCC[C@@]1(C)O[C@@H]21. The van der Waals surface area contributed by atoms with Crippen molar-refractivity contribution in [2.75, 3.05) is 6.61 Å². The van der Waals surface area contributed by atoms with E-state index in [1.54, 1.807) is 12.1 Å². The first-order valence-electron chi connectivity index (χ1n) is 11.7. The molecule has 1 aromatic heterocycles. The third-order valence-corrected chi connectivity index (χ3v) is 7.20. The molecule has 2 saturated heterocycles. The van der Waals surface area contributed by atoms with E-state index in [1.807, 2.05) is 19.1 Å². The van der Waals surface area contributed by atoms with Crippen LogP contribution in [-0.2, 0) is 30.2 Å². The van der Waals surface area contributed by atoms with Crippen molar-refractivity contribution in [3.05, 3.63) is 64.1 Å². The number of epoxide rings is 1. The van der Waals surface area contributed by atoms with Crippen LogP contribution in [0.4, 0.5) is 0 Å². The minimum Gasteiger partial charge on any atom is -0.461 e. The number of nitrogens with zero attached hydrogens (tertiary/aromatic N) is 1. The van der Waals surface area contributed by atoms with Gasteiger partial charge in [-0.1, -0.05) is 30.9 Å². The fourth-order valence-electron chi connectivity index (χ4n) is 5.08. The highest BCUT2D eigenvalue weighted by atomic mass is 16.6. The van der Waals surface area contributed by atoms with Gasteiger partial charge in [-0.2, -0.15) is 5.10 Å². The zero-order valence-corrected chi connectivity index (χ0v) is 19.2. The van der Waals surface area contributed by atoms with Crippen LogP contribution in [0.1, 0.15) is 44.7 Å². The van der Waals surface area contributed by atoms with E-state index in [4.69, 9.17) is 14.2 Å². The quantitative estimate of drug-likeness (QED) is 0.313. The Morgan fingerprint density at radius 1 is 1.29 bits per heavy atom. The van der Waals surface area contributed by atoms with Crippen LogP contribution in [0.25, 0.3) is 10.8 Å². The van der Waals surface area contributed by atoms with Crippen molar-refractivity contribution in [1.82, 2.24) is 10.2 Å². The van der Waals surface area contributed by atoms with E-state index < -0.39 is 0 Å². The van der Waals surface area contributed by atoms with E-state index in [0.717, 1.165) is 23.8 Å². The van der Waals surface area contributed by atoms with Crippen LogP contribution in [0.15, 0.2) is 52.9 Å². The first-order chi connectivity index (χ1) is 16.4. The van der Waals surface area contributed by atoms with Gasteiger partial charge in [0.1, 0.15) is 18.8 Å². The molecule has 178 valence electrons. The maximum atomic E-state index is 12.5. The summed E-state index contributed by atoms with van der Waals surface area (Å²) in [6.07, 6.45) is 5.30. The Bertz CT molecular complexity index is 1250. The van der Waals surface area contributed by atoms with Gasteiger partial charge < -0.3 is 14.2 Å². The normalized spacial score (nSPS) is 28.5. The summed E-state index contributed by atoms with van der Waals surface area (Å²) < 4.78 is 17.1. The van der Waals surface area contributed by atoms with E-state index in [1.165, 1.54) is 0 Å². The molecule has 8 heteroatoms. The molecule has 5 rings (SSSR count). The van der Waals surface area contributed by atoms with Crippen LogP contribution >= 0.6 is 0 Å². The summed E-state index contributed by atoms with van der Waals surface area (Å²) in [4.78, 5) is 36.5. The van der Waals surface area contributed by atoms with E-state index in [-0.39, 0.29) is 54.3 Å². The van der Waals surface area contributed by atoms with Gasteiger partial charge >= 0.3 is 11.9 Å². The lowest BCUT2D eigenvalue weighted by molar-refractivity contribution is -0.143. The Kier molecular flexibility index (Phi) is 5.85. The van der Waals surface area contributed by atoms with Gasteiger partial charge in [-0.3, -0.25) is 9.59 Å². The minimum absolute atomic E-state index is 0.0777. The molecule has 3 heterocycles. The number of hydrogen-bond donors (Lipinski definition) is 1. The molecule has 0 saturated carbocycles. The van der Waals surface area contributed by atoms with E-state index in [9.17, 15) is 14.4 Å². The standard InChI is InChI=1S/C26H28N2O6/c1-15-17-10-9-16(6-5-13-26(2)23(34-26)22(17)33-25(15)31)14-32-21(29)12-11-20-18-7-3-4-8-19(18)24(30)28-27-20/h3-4,6-8,17,22-23H,1,5,9-14H2,2H3,(H,28,30)/t17-,22-,23-,26+/m0/s1. The molecule has 0 spiro atoms. The van der Waals surface area contributed by atoms with Crippen LogP contribution < -0.4 is 5.56 Å². The van der Waals surface area contributed by atoms with E-state index in [2.05, 4.69) is 22.9 Å².